The van der Waals surface area contributed by atoms with Crippen LogP contribution in [0.15, 0.2) is 30.3 Å². The van der Waals surface area contributed by atoms with Crippen molar-refractivity contribution in [3.05, 3.63) is 35.9 Å². The Bertz CT molecular complexity index is 634. The number of benzene rings is 1. The second-order valence-corrected chi connectivity index (χ2v) is 8.45. The van der Waals surface area contributed by atoms with Crippen LogP contribution in [0.2, 0.25) is 0 Å². The largest absolute Gasteiger partial charge is 0.338 e. The molecule has 7 heteroatoms. The van der Waals surface area contributed by atoms with Crippen molar-refractivity contribution in [2.75, 3.05) is 37.7 Å². The zero-order chi connectivity index (χ0) is 17.6. The highest BCUT2D eigenvalue weighted by Crippen LogP contribution is 2.18. The zero-order valence-corrected chi connectivity index (χ0v) is 15.0. The van der Waals surface area contributed by atoms with Crippen LogP contribution in [0.5, 0.6) is 0 Å². The van der Waals surface area contributed by atoms with Crippen molar-refractivity contribution >= 4 is 15.7 Å². The van der Waals surface area contributed by atoms with E-state index in [0.717, 1.165) is 5.56 Å². The molecule has 1 amide bonds. The van der Waals surface area contributed by atoms with Gasteiger partial charge in [-0.05, 0) is 18.9 Å². The monoisotopic (exact) mass is 353 g/mol. The van der Waals surface area contributed by atoms with Gasteiger partial charge in [0.2, 0.25) is 5.91 Å². The van der Waals surface area contributed by atoms with Gasteiger partial charge in [-0.25, -0.2) is 8.42 Å². The standard InChI is InChI=1S/C17H27N3O3S/c1-2-20(16-8-11-24(22,23)14-16)17(21)13-19(10-9-18)12-15-6-4-3-5-7-15/h3-7,16H,2,8-14,18H2,1H3. The topological polar surface area (TPSA) is 83.7 Å². The average Bonchev–Trinajstić information content (AvgIpc) is 2.89. The molecule has 0 aromatic heterocycles. The zero-order valence-electron chi connectivity index (χ0n) is 14.2. The molecule has 1 saturated heterocycles. The Hall–Kier alpha value is -1.44. The van der Waals surface area contributed by atoms with Gasteiger partial charge in [-0.1, -0.05) is 30.3 Å². The number of likely N-dealkylation sites (N-methyl/N-ethyl adjacent to an activating group) is 1. The van der Waals surface area contributed by atoms with Crippen molar-refractivity contribution in [1.82, 2.24) is 9.80 Å². The van der Waals surface area contributed by atoms with Crippen LogP contribution in [0.3, 0.4) is 0 Å². The lowest BCUT2D eigenvalue weighted by atomic mass is 10.2. The molecule has 134 valence electrons. The van der Waals surface area contributed by atoms with E-state index in [1.807, 2.05) is 42.2 Å². The molecule has 0 bridgehead atoms. The smallest absolute Gasteiger partial charge is 0.237 e. The number of hydrogen-bond acceptors (Lipinski definition) is 5. The molecule has 1 fully saturated rings. The van der Waals surface area contributed by atoms with E-state index in [1.165, 1.54) is 0 Å². The lowest BCUT2D eigenvalue weighted by Crippen LogP contribution is -2.46. The van der Waals surface area contributed by atoms with E-state index in [4.69, 9.17) is 5.73 Å². The van der Waals surface area contributed by atoms with Gasteiger partial charge in [0, 0.05) is 32.2 Å². The van der Waals surface area contributed by atoms with Crippen molar-refractivity contribution in [3.63, 3.8) is 0 Å². The third-order valence-electron chi connectivity index (χ3n) is 4.36. The van der Waals surface area contributed by atoms with Gasteiger partial charge >= 0.3 is 0 Å². The van der Waals surface area contributed by atoms with Gasteiger partial charge in [0.25, 0.3) is 0 Å². The van der Waals surface area contributed by atoms with Gasteiger partial charge in [0.1, 0.15) is 0 Å². The first kappa shape index (κ1) is 18.9. The number of nitrogens with two attached hydrogens (primary N) is 1. The van der Waals surface area contributed by atoms with Crippen molar-refractivity contribution in [3.8, 4) is 0 Å². The molecule has 6 nitrogen and oxygen atoms in total. The quantitative estimate of drug-likeness (QED) is 0.735. The minimum absolute atomic E-state index is 0.0241. The molecule has 0 spiro atoms. The highest BCUT2D eigenvalue weighted by atomic mass is 32.2. The number of carbonyl (C=O) groups excluding carboxylic acids is 1. The molecular formula is C17H27N3O3S. The maximum Gasteiger partial charge on any atom is 0.237 e. The van der Waals surface area contributed by atoms with E-state index in [-0.39, 0.29) is 30.0 Å². The fraction of sp³-hybridized carbons (Fsp3) is 0.588. The van der Waals surface area contributed by atoms with E-state index in [9.17, 15) is 13.2 Å². The summed E-state index contributed by atoms with van der Waals surface area (Å²) in [5, 5.41) is 0. The highest BCUT2D eigenvalue weighted by Gasteiger charge is 2.34. The fourth-order valence-corrected chi connectivity index (χ4v) is 4.91. The van der Waals surface area contributed by atoms with Crippen LogP contribution in [0.25, 0.3) is 0 Å². The van der Waals surface area contributed by atoms with Gasteiger partial charge in [0.05, 0.1) is 18.1 Å². The molecule has 1 aromatic rings. The van der Waals surface area contributed by atoms with Gasteiger partial charge in [0.15, 0.2) is 9.84 Å². The molecule has 1 aliphatic rings. The number of hydrogen-bond donors (Lipinski definition) is 1. The molecule has 2 N–H and O–H groups in total. The van der Waals surface area contributed by atoms with Crippen LogP contribution in [0, 0.1) is 0 Å². The predicted octanol–water partition coefficient (Wildman–Crippen LogP) is 0.483. The summed E-state index contributed by atoms with van der Waals surface area (Å²) in [4.78, 5) is 16.4. The van der Waals surface area contributed by atoms with Gasteiger partial charge in [-0.2, -0.15) is 0 Å². The summed E-state index contributed by atoms with van der Waals surface area (Å²) in [6, 6.07) is 9.76. The lowest BCUT2D eigenvalue weighted by Gasteiger charge is -2.30. The summed E-state index contributed by atoms with van der Waals surface area (Å²) in [6.45, 7) is 4.44. The summed E-state index contributed by atoms with van der Waals surface area (Å²) < 4.78 is 23.4. The van der Waals surface area contributed by atoms with Crippen LogP contribution < -0.4 is 5.73 Å². The summed E-state index contributed by atoms with van der Waals surface area (Å²) in [6.07, 6.45) is 0.539. The van der Waals surface area contributed by atoms with Crippen molar-refractivity contribution < 1.29 is 13.2 Å². The second kappa shape index (κ2) is 8.60. The Morgan fingerprint density at radius 3 is 2.54 bits per heavy atom. The van der Waals surface area contributed by atoms with Gasteiger partial charge in [-0.15, -0.1) is 0 Å². The molecule has 1 aliphatic heterocycles. The maximum absolute atomic E-state index is 12.7. The molecular weight excluding hydrogens is 326 g/mol. The Labute approximate surface area is 144 Å². The highest BCUT2D eigenvalue weighted by molar-refractivity contribution is 7.91. The molecule has 1 atom stereocenters. The summed E-state index contributed by atoms with van der Waals surface area (Å²) in [5.74, 6) is 0.240. The Morgan fingerprint density at radius 1 is 1.29 bits per heavy atom. The second-order valence-electron chi connectivity index (χ2n) is 6.22. The number of nitrogens with zero attached hydrogens (tertiary/aromatic N) is 2. The van der Waals surface area contributed by atoms with Crippen LogP contribution >= 0.6 is 0 Å². The fourth-order valence-electron chi connectivity index (χ4n) is 3.18. The average molecular weight is 353 g/mol. The Morgan fingerprint density at radius 2 is 2.00 bits per heavy atom. The van der Waals surface area contributed by atoms with Crippen molar-refractivity contribution in [1.29, 1.82) is 0 Å². The Kier molecular flexibility index (Phi) is 6.77. The molecule has 1 unspecified atom stereocenters. The van der Waals surface area contributed by atoms with Gasteiger partial charge in [-0.3, -0.25) is 9.69 Å². The van der Waals surface area contributed by atoms with Crippen LogP contribution in [-0.4, -0.2) is 67.9 Å². The first-order valence-electron chi connectivity index (χ1n) is 8.41. The first-order chi connectivity index (χ1) is 11.4. The van der Waals surface area contributed by atoms with Crippen LogP contribution in [0.4, 0.5) is 0 Å². The predicted molar refractivity (Wildman–Crippen MR) is 95.2 cm³/mol. The van der Waals surface area contributed by atoms with E-state index >= 15 is 0 Å². The number of amides is 1. The van der Waals surface area contributed by atoms with Crippen molar-refractivity contribution in [2.45, 2.75) is 25.9 Å². The number of rotatable bonds is 8. The van der Waals surface area contributed by atoms with E-state index in [1.54, 1.807) is 4.90 Å². The van der Waals surface area contributed by atoms with Gasteiger partial charge < -0.3 is 10.6 Å². The third-order valence-corrected chi connectivity index (χ3v) is 6.11. The summed E-state index contributed by atoms with van der Waals surface area (Å²) in [5.41, 5.74) is 6.81. The SMILES string of the molecule is CCN(C(=O)CN(CCN)Cc1ccccc1)C1CCS(=O)(=O)C1. The third kappa shape index (κ3) is 5.29. The molecule has 0 saturated carbocycles. The normalized spacial score (nSPS) is 19.5. The van der Waals surface area contributed by atoms with E-state index in [0.29, 0.717) is 32.6 Å². The molecule has 0 aliphatic carbocycles. The number of sulfone groups is 1. The minimum Gasteiger partial charge on any atom is -0.338 e. The lowest BCUT2D eigenvalue weighted by molar-refractivity contribution is -0.134. The summed E-state index contributed by atoms with van der Waals surface area (Å²) in [7, 11) is -3.00. The molecule has 0 radical (unpaired) electrons. The molecule has 1 heterocycles. The maximum atomic E-state index is 12.7. The van der Waals surface area contributed by atoms with E-state index in [2.05, 4.69) is 0 Å². The Balaban J connectivity index is 2.00. The molecule has 1 aromatic carbocycles. The molecule has 24 heavy (non-hydrogen) atoms. The minimum atomic E-state index is -3.00. The molecule has 2 rings (SSSR count). The summed E-state index contributed by atoms with van der Waals surface area (Å²) >= 11 is 0. The first-order valence-corrected chi connectivity index (χ1v) is 10.2. The van der Waals surface area contributed by atoms with Crippen LogP contribution in [0.1, 0.15) is 18.9 Å². The number of carbonyl (C=O) groups is 1. The van der Waals surface area contributed by atoms with Crippen molar-refractivity contribution in [2.24, 2.45) is 5.73 Å². The van der Waals surface area contributed by atoms with E-state index < -0.39 is 9.84 Å². The van der Waals surface area contributed by atoms with Crippen LogP contribution in [-0.2, 0) is 21.2 Å².